The van der Waals surface area contributed by atoms with Gasteiger partial charge in [-0.2, -0.15) is 11.3 Å². The van der Waals surface area contributed by atoms with Gasteiger partial charge in [0.1, 0.15) is 0 Å². The van der Waals surface area contributed by atoms with Crippen LogP contribution in [0.1, 0.15) is 24.1 Å². The van der Waals surface area contributed by atoms with Crippen LogP contribution >= 0.6 is 33.9 Å². The van der Waals surface area contributed by atoms with E-state index in [2.05, 4.69) is 76.8 Å². The van der Waals surface area contributed by atoms with E-state index in [1.165, 1.54) is 20.4 Å². The first-order valence-corrected chi connectivity index (χ1v) is 7.24. The van der Waals surface area contributed by atoms with Crippen molar-refractivity contribution in [1.29, 1.82) is 0 Å². The molecule has 2 aromatic rings. The van der Waals surface area contributed by atoms with Gasteiger partial charge in [0.2, 0.25) is 0 Å². The van der Waals surface area contributed by atoms with Gasteiger partial charge < -0.3 is 5.32 Å². The molecule has 84 valence electrons. The molecule has 16 heavy (non-hydrogen) atoms. The smallest absolute Gasteiger partial charge is 0.0493 e. The lowest BCUT2D eigenvalue weighted by Gasteiger charge is -2.14. The fourth-order valence-corrected chi connectivity index (χ4v) is 2.81. The van der Waals surface area contributed by atoms with Crippen molar-refractivity contribution in [3.63, 3.8) is 0 Å². The third-order valence-electron chi connectivity index (χ3n) is 2.60. The third-order valence-corrected chi connectivity index (χ3v) is 4.46. The number of hydrogen-bond donors (Lipinski definition) is 1. The SMILES string of the molecule is Cc1ccc(NC(C)c2ccsc2)cc1I. The Morgan fingerprint density at radius 2 is 2.12 bits per heavy atom. The molecule has 0 fully saturated rings. The van der Waals surface area contributed by atoms with E-state index in [1.807, 2.05) is 0 Å². The molecule has 0 saturated carbocycles. The van der Waals surface area contributed by atoms with Crippen LogP contribution in [0.2, 0.25) is 0 Å². The van der Waals surface area contributed by atoms with Crippen molar-refractivity contribution in [2.75, 3.05) is 5.32 Å². The zero-order chi connectivity index (χ0) is 11.5. The van der Waals surface area contributed by atoms with E-state index < -0.39 is 0 Å². The number of thiophene rings is 1. The molecule has 1 aromatic heterocycles. The average molecular weight is 343 g/mol. The summed E-state index contributed by atoms with van der Waals surface area (Å²) in [4.78, 5) is 0. The fourth-order valence-electron chi connectivity index (χ4n) is 1.54. The van der Waals surface area contributed by atoms with Gasteiger partial charge in [0.05, 0.1) is 0 Å². The summed E-state index contributed by atoms with van der Waals surface area (Å²) < 4.78 is 1.31. The number of nitrogens with one attached hydrogen (secondary N) is 1. The lowest BCUT2D eigenvalue weighted by Crippen LogP contribution is -2.05. The second-order valence-electron chi connectivity index (χ2n) is 3.89. The first kappa shape index (κ1) is 11.9. The van der Waals surface area contributed by atoms with E-state index in [-0.39, 0.29) is 0 Å². The molecule has 1 heterocycles. The minimum absolute atomic E-state index is 0.366. The Labute approximate surface area is 114 Å². The maximum atomic E-state index is 3.51. The zero-order valence-corrected chi connectivity index (χ0v) is 12.3. The van der Waals surface area contributed by atoms with Crippen molar-refractivity contribution in [1.82, 2.24) is 0 Å². The highest BCUT2D eigenvalue weighted by Gasteiger charge is 2.05. The number of rotatable bonds is 3. The monoisotopic (exact) mass is 343 g/mol. The van der Waals surface area contributed by atoms with Gasteiger partial charge in [-0.25, -0.2) is 0 Å². The van der Waals surface area contributed by atoms with Crippen molar-refractivity contribution in [2.45, 2.75) is 19.9 Å². The lowest BCUT2D eigenvalue weighted by atomic mass is 10.1. The first-order chi connectivity index (χ1) is 7.66. The van der Waals surface area contributed by atoms with Crippen molar-refractivity contribution >= 4 is 39.6 Å². The maximum absolute atomic E-state index is 3.51. The average Bonchev–Trinajstić information content (AvgIpc) is 2.77. The fraction of sp³-hybridized carbons (Fsp3) is 0.231. The Bertz CT molecular complexity index is 465. The molecule has 1 N–H and O–H groups in total. The van der Waals surface area contributed by atoms with Gasteiger partial charge in [-0.05, 0) is 76.5 Å². The van der Waals surface area contributed by atoms with Gasteiger partial charge in [-0.15, -0.1) is 0 Å². The highest BCUT2D eigenvalue weighted by Crippen LogP contribution is 2.23. The maximum Gasteiger partial charge on any atom is 0.0493 e. The van der Waals surface area contributed by atoms with Crippen molar-refractivity contribution < 1.29 is 0 Å². The van der Waals surface area contributed by atoms with Gasteiger partial charge in [-0.1, -0.05) is 6.07 Å². The van der Waals surface area contributed by atoms with Crippen LogP contribution in [0, 0.1) is 10.5 Å². The largest absolute Gasteiger partial charge is 0.378 e. The summed E-state index contributed by atoms with van der Waals surface area (Å²) in [7, 11) is 0. The number of anilines is 1. The van der Waals surface area contributed by atoms with E-state index in [1.54, 1.807) is 11.3 Å². The second kappa shape index (κ2) is 5.19. The van der Waals surface area contributed by atoms with Crippen LogP contribution in [-0.4, -0.2) is 0 Å². The molecule has 0 amide bonds. The van der Waals surface area contributed by atoms with Crippen molar-refractivity contribution in [3.8, 4) is 0 Å². The molecule has 1 atom stereocenters. The van der Waals surface area contributed by atoms with Crippen LogP contribution in [0.25, 0.3) is 0 Å². The van der Waals surface area contributed by atoms with Gasteiger partial charge >= 0.3 is 0 Å². The topological polar surface area (TPSA) is 12.0 Å². The van der Waals surface area contributed by atoms with Crippen LogP contribution in [0.15, 0.2) is 35.0 Å². The predicted molar refractivity (Wildman–Crippen MR) is 80.3 cm³/mol. The highest BCUT2D eigenvalue weighted by molar-refractivity contribution is 14.1. The van der Waals surface area contributed by atoms with E-state index in [0.717, 1.165) is 0 Å². The number of benzene rings is 1. The highest BCUT2D eigenvalue weighted by atomic mass is 127. The van der Waals surface area contributed by atoms with E-state index in [9.17, 15) is 0 Å². The molecular weight excluding hydrogens is 329 g/mol. The van der Waals surface area contributed by atoms with Gasteiger partial charge in [-0.3, -0.25) is 0 Å². The van der Waals surface area contributed by atoms with E-state index in [0.29, 0.717) is 6.04 Å². The number of hydrogen-bond acceptors (Lipinski definition) is 2. The predicted octanol–water partition coefficient (Wildman–Crippen LogP) is 4.83. The number of aryl methyl sites for hydroxylation is 1. The van der Waals surface area contributed by atoms with E-state index in [4.69, 9.17) is 0 Å². The normalized spacial score (nSPS) is 12.4. The van der Waals surface area contributed by atoms with Crippen LogP contribution in [0.4, 0.5) is 5.69 Å². The van der Waals surface area contributed by atoms with E-state index >= 15 is 0 Å². The quantitative estimate of drug-likeness (QED) is 0.787. The molecular formula is C13H14INS. The Kier molecular flexibility index (Phi) is 3.86. The summed E-state index contributed by atoms with van der Waals surface area (Å²) in [5, 5.41) is 7.82. The molecule has 0 spiro atoms. The second-order valence-corrected chi connectivity index (χ2v) is 5.83. The van der Waals surface area contributed by atoms with Crippen LogP contribution in [-0.2, 0) is 0 Å². The summed E-state index contributed by atoms with van der Waals surface area (Å²) >= 11 is 4.11. The van der Waals surface area contributed by atoms with Crippen molar-refractivity contribution in [3.05, 3.63) is 49.7 Å². The molecule has 0 aliphatic carbocycles. The summed E-state index contributed by atoms with van der Waals surface area (Å²) in [6.45, 7) is 4.32. The van der Waals surface area contributed by atoms with Gasteiger partial charge in [0.15, 0.2) is 0 Å². The molecule has 0 aliphatic heterocycles. The molecule has 2 rings (SSSR count). The van der Waals surface area contributed by atoms with Crippen LogP contribution in [0.3, 0.4) is 0 Å². The summed E-state index contributed by atoms with van der Waals surface area (Å²) in [5.41, 5.74) is 3.86. The van der Waals surface area contributed by atoms with Gasteiger partial charge in [0, 0.05) is 15.3 Å². The zero-order valence-electron chi connectivity index (χ0n) is 9.33. The molecule has 0 bridgehead atoms. The third kappa shape index (κ3) is 2.77. The Morgan fingerprint density at radius 1 is 1.31 bits per heavy atom. The molecule has 1 nitrogen and oxygen atoms in total. The molecule has 0 saturated heterocycles. The first-order valence-electron chi connectivity index (χ1n) is 5.21. The minimum Gasteiger partial charge on any atom is -0.378 e. The van der Waals surface area contributed by atoms with Gasteiger partial charge in [0.25, 0.3) is 0 Å². The molecule has 3 heteroatoms. The molecule has 1 unspecified atom stereocenters. The van der Waals surface area contributed by atoms with Crippen molar-refractivity contribution in [2.24, 2.45) is 0 Å². The standard InChI is InChI=1S/C13H14INS/c1-9-3-4-12(7-13(9)14)15-10(2)11-5-6-16-8-11/h3-8,10,15H,1-2H3. The number of halogens is 1. The van der Waals surface area contributed by atoms with Crippen LogP contribution < -0.4 is 5.32 Å². The summed E-state index contributed by atoms with van der Waals surface area (Å²) in [6.07, 6.45) is 0. The van der Waals surface area contributed by atoms with Crippen LogP contribution in [0.5, 0.6) is 0 Å². The summed E-state index contributed by atoms with van der Waals surface area (Å²) in [5.74, 6) is 0. The minimum atomic E-state index is 0.366. The summed E-state index contributed by atoms with van der Waals surface area (Å²) in [6, 6.07) is 9.02. The molecule has 1 aromatic carbocycles. The Morgan fingerprint density at radius 3 is 2.75 bits per heavy atom. The molecule has 0 aliphatic rings. The molecule has 0 radical (unpaired) electrons. The Hall–Kier alpha value is -0.550. The lowest BCUT2D eigenvalue weighted by molar-refractivity contribution is 0.890. The Balaban J connectivity index is 2.12.